The second kappa shape index (κ2) is 2.29. The first-order valence-corrected chi connectivity index (χ1v) is 2.05. The van der Waals surface area contributed by atoms with Crippen LogP contribution in [0.3, 0.4) is 0 Å². The molecule has 1 N–H and O–H groups in total. The number of hydrogen-bond acceptors (Lipinski definition) is 2. The molecule has 1 aliphatic heterocycles. The van der Waals surface area contributed by atoms with Crippen molar-refractivity contribution in [2.45, 2.75) is 0 Å². The Morgan fingerprint density at radius 3 is 3.71 bits per heavy atom. The largest absolute Gasteiger partial charge is 0.481 e. The highest BCUT2D eigenvalue weighted by atomic mass is 16.5. The first-order valence-electron chi connectivity index (χ1n) is 2.63. The molecule has 0 spiro atoms. The van der Waals surface area contributed by atoms with Crippen LogP contribution >= 0.6 is 0 Å². The maximum absolute atomic E-state index is 6.98. The first kappa shape index (κ1) is 3.13. The highest BCUT2D eigenvalue weighted by molar-refractivity contribution is 4.99. The van der Waals surface area contributed by atoms with Crippen LogP contribution in [0.5, 0.6) is 0 Å². The van der Waals surface area contributed by atoms with Crippen molar-refractivity contribution in [1.29, 1.82) is 0 Å². The molecule has 1 unspecified atom stereocenters. The lowest BCUT2D eigenvalue weighted by Crippen LogP contribution is -2.05. The maximum Gasteiger partial charge on any atom is 0.157 e. The van der Waals surface area contributed by atoms with Gasteiger partial charge in [0.15, 0.2) is 6.71 Å². The van der Waals surface area contributed by atoms with E-state index in [-0.39, 0.29) is 0 Å². The molecule has 1 heterocycles. The van der Waals surface area contributed by atoms with Crippen LogP contribution in [0, 0.1) is 0 Å². The summed E-state index contributed by atoms with van der Waals surface area (Å²) in [4.78, 5) is 0. The molecule has 0 bridgehead atoms. The van der Waals surface area contributed by atoms with Gasteiger partial charge in [-0.1, -0.05) is 0 Å². The van der Waals surface area contributed by atoms with E-state index in [2.05, 4.69) is 5.32 Å². The van der Waals surface area contributed by atoms with Gasteiger partial charge in [-0.25, -0.2) is 0 Å². The summed E-state index contributed by atoms with van der Waals surface area (Å²) in [6, 6.07) is 0. The maximum atomic E-state index is 6.98. The van der Waals surface area contributed by atoms with E-state index in [1.54, 1.807) is 18.4 Å². The SMILES string of the molecule is [2H]C1NC=CC=CO1. The average Bonchev–Trinajstić information content (AvgIpc) is 1.94. The Kier molecular flexibility index (Phi) is 1.02. The first-order chi connectivity index (χ1) is 3.89. The molecule has 0 aromatic rings. The second-order valence-electron chi connectivity index (χ2n) is 1.11. The van der Waals surface area contributed by atoms with Crippen molar-refractivity contribution in [3.8, 4) is 0 Å². The van der Waals surface area contributed by atoms with Crippen molar-refractivity contribution in [2.75, 3.05) is 6.71 Å². The Bertz CT molecular complexity index is 108. The minimum Gasteiger partial charge on any atom is -0.481 e. The summed E-state index contributed by atoms with van der Waals surface area (Å²) < 4.78 is 11.7. The van der Waals surface area contributed by atoms with Gasteiger partial charge in [0.2, 0.25) is 0 Å². The van der Waals surface area contributed by atoms with E-state index in [0.29, 0.717) is 0 Å². The zero-order chi connectivity index (χ0) is 5.82. The van der Waals surface area contributed by atoms with E-state index in [1.165, 1.54) is 6.26 Å². The van der Waals surface area contributed by atoms with Gasteiger partial charge in [0, 0.05) is 0 Å². The number of rotatable bonds is 0. The summed E-state index contributed by atoms with van der Waals surface area (Å²) in [6.45, 7) is -0.648. The van der Waals surface area contributed by atoms with Crippen LogP contribution in [-0.2, 0) is 4.74 Å². The predicted molar refractivity (Wildman–Crippen MR) is 27.4 cm³/mol. The average molecular weight is 98.1 g/mol. The topological polar surface area (TPSA) is 21.3 Å². The fraction of sp³-hybridized carbons (Fsp3) is 0.200. The lowest BCUT2D eigenvalue weighted by atomic mass is 10.6. The molecule has 1 atom stereocenters. The number of nitrogens with one attached hydrogen (secondary N) is 1. The second-order valence-corrected chi connectivity index (χ2v) is 1.11. The molecule has 38 valence electrons. The lowest BCUT2D eigenvalue weighted by molar-refractivity contribution is 0.239. The zero-order valence-corrected chi connectivity index (χ0v) is 3.79. The highest BCUT2D eigenvalue weighted by Crippen LogP contribution is 1.81. The third-order valence-electron chi connectivity index (χ3n) is 0.597. The third-order valence-corrected chi connectivity index (χ3v) is 0.597. The predicted octanol–water partition coefficient (Wildman–Crippen LogP) is 0.591. The van der Waals surface area contributed by atoms with Gasteiger partial charge in [-0.2, -0.15) is 0 Å². The summed E-state index contributed by atoms with van der Waals surface area (Å²) in [5, 5.41) is 2.65. The van der Waals surface area contributed by atoms with Crippen molar-refractivity contribution in [1.82, 2.24) is 5.32 Å². The Morgan fingerprint density at radius 2 is 2.71 bits per heavy atom. The molecule has 0 radical (unpaired) electrons. The zero-order valence-electron chi connectivity index (χ0n) is 4.79. The van der Waals surface area contributed by atoms with Crippen molar-refractivity contribution >= 4 is 0 Å². The minimum absolute atomic E-state index is 0.648. The van der Waals surface area contributed by atoms with Gasteiger partial charge in [0.05, 0.1) is 7.63 Å². The highest BCUT2D eigenvalue weighted by Gasteiger charge is 1.76. The molecule has 0 aromatic heterocycles. The minimum atomic E-state index is -0.648. The van der Waals surface area contributed by atoms with E-state index in [0.717, 1.165) is 0 Å². The molecule has 0 aromatic carbocycles. The molecule has 0 aliphatic carbocycles. The van der Waals surface area contributed by atoms with Crippen LogP contribution in [0.2, 0.25) is 0 Å². The molecule has 2 heteroatoms. The van der Waals surface area contributed by atoms with Gasteiger partial charge >= 0.3 is 0 Å². The Balaban J connectivity index is 2.45. The Hall–Kier alpha value is -0.920. The normalized spacial score (nSPS) is 29.7. The van der Waals surface area contributed by atoms with Crippen LogP contribution in [-0.4, -0.2) is 6.71 Å². The van der Waals surface area contributed by atoms with Gasteiger partial charge in [0.1, 0.15) is 0 Å². The molecule has 0 fully saturated rings. The Morgan fingerprint density at radius 1 is 1.71 bits per heavy atom. The van der Waals surface area contributed by atoms with Gasteiger partial charge in [-0.3, -0.25) is 0 Å². The van der Waals surface area contributed by atoms with Crippen LogP contribution in [0.1, 0.15) is 1.37 Å². The summed E-state index contributed by atoms with van der Waals surface area (Å²) in [5.74, 6) is 0. The summed E-state index contributed by atoms with van der Waals surface area (Å²) >= 11 is 0. The van der Waals surface area contributed by atoms with E-state index in [4.69, 9.17) is 6.11 Å². The van der Waals surface area contributed by atoms with E-state index in [9.17, 15) is 0 Å². The number of ether oxygens (including phenoxy) is 1. The van der Waals surface area contributed by atoms with Crippen LogP contribution < -0.4 is 5.32 Å². The van der Waals surface area contributed by atoms with Crippen molar-refractivity contribution in [2.24, 2.45) is 0 Å². The molecule has 0 saturated heterocycles. The molecule has 0 saturated carbocycles. The van der Waals surface area contributed by atoms with Gasteiger partial charge in [-0.05, 0) is 18.4 Å². The van der Waals surface area contributed by atoms with E-state index < -0.39 is 6.71 Å². The molecule has 0 amide bonds. The fourth-order valence-corrected chi connectivity index (χ4v) is 0.320. The van der Waals surface area contributed by atoms with E-state index >= 15 is 0 Å². The molecule has 1 aliphatic rings. The van der Waals surface area contributed by atoms with Crippen LogP contribution in [0.25, 0.3) is 0 Å². The molecular formula is C5H7NO. The van der Waals surface area contributed by atoms with Crippen molar-refractivity contribution < 1.29 is 6.11 Å². The molecular weight excluding hydrogens is 90.1 g/mol. The monoisotopic (exact) mass is 98.1 g/mol. The molecule has 7 heavy (non-hydrogen) atoms. The molecule has 2 nitrogen and oxygen atoms in total. The smallest absolute Gasteiger partial charge is 0.157 e. The summed E-state index contributed by atoms with van der Waals surface area (Å²) in [5.41, 5.74) is 0. The fourth-order valence-electron chi connectivity index (χ4n) is 0.320. The van der Waals surface area contributed by atoms with E-state index in [1.807, 2.05) is 0 Å². The summed E-state index contributed by atoms with van der Waals surface area (Å²) in [7, 11) is 0. The number of allylic oxidation sites excluding steroid dienone is 2. The van der Waals surface area contributed by atoms with Gasteiger partial charge in [0.25, 0.3) is 0 Å². The quantitative estimate of drug-likeness (QED) is 0.478. The van der Waals surface area contributed by atoms with Gasteiger partial charge in [-0.15, -0.1) is 0 Å². The Labute approximate surface area is 43.9 Å². The number of hydrogen-bond donors (Lipinski definition) is 1. The van der Waals surface area contributed by atoms with Gasteiger partial charge < -0.3 is 10.1 Å². The van der Waals surface area contributed by atoms with Crippen LogP contribution in [0.4, 0.5) is 0 Å². The summed E-state index contributed by atoms with van der Waals surface area (Å²) in [6.07, 6.45) is 6.64. The lowest BCUT2D eigenvalue weighted by Gasteiger charge is -1.93. The molecule has 1 rings (SSSR count). The van der Waals surface area contributed by atoms with Crippen molar-refractivity contribution in [3.63, 3.8) is 0 Å². The third kappa shape index (κ3) is 1.30. The van der Waals surface area contributed by atoms with Crippen LogP contribution in [0.15, 0.2) is 24.6 Å². The standard InChI is InChI=1S/C5H7NO/c1-2-4-7-5-6-3-1/h1-4,6H,5H2/i5D. The van der Waals surface area contributed by atoms with Crippen molar-refractivity contribution in [3.05, 3.63) is 24.6 Å².